The van der Waals surface area contributed by atoms with E-state index in [4.69, 9.17) is 28.4 Å². The molecule has 3 heterocycles. The van der Waals surface area contributed by atoms with Gasteiger partial charge >= 0.3 is 5.69 Å². The fourth-order valence-electron chi connectivity index (χ4n) is 6.67. The summed E-state index contributed by atoms with van der Waals surface area (Å²) < 4.78 is 37.8. The molecule has 0 spiro atoms. The van der Waals surface area contributed by atoms with Gasteiger partial charge in [0.2, 0.25) is 0 Å². The van der Waals surface area contributed by atoms with E-state index >= 15 is 0 Å². The Bertz CT molecular complexity index is 1720. The molecular weight excluding hydrogens is 592 g/mol. The summed E-state index contributed by atoms with van der Waals surface area (Å²) in [6, 6.07) is 25.0. The highest BCUT2D eigenvalue weighted by atomic mass is 16.6. The summed E-state index contributed by atoms with van der Waals surface area (Å²) in [6.45, 7) is 1.64. The normalized spacial score (nSPS) is 24.4. The van der Waals surface area contributed by atoms with E-state index in [0.717, 1.165) is 16.7 Å². The number of nitrogens with one attached hydrogen (secondary N) is 1. The zero-order valence-electron chi connectivity index (χ0n) is 26.2. The molecule has 0 bridgehead atoms. The Morgan fingerprint density at radius 1 is 0.913 bits per heavy atom. The minimum Gasteiger partial charge on any atom is -0.497 e. The maximum absolute atomic E-state index is 13.0. The van der Waals surface area contributed by atoms with Gasteiger partial charge in [0.25, 0.3) is 5.56 Å². The van der Waals surface area contributed by atoms with Crippen LogP contribution in [0.1, 0.15) is 34.9 Å². The van der Waals surface area contributed by atoms with Crippen molar-refractivity contribution in [2.24, 2.45) is 0 Å². The maximum Gasteiger partial charge on any atom is 0.330 e. The van der Waals surface area contributed by atoms with Crippen molar-refractivity contribution in [2.75, 3.05) is 41.2 Å². The minimum absolute atomic E-state index is 0.0347. The summed E-state index contributed by atoms with van der Waals surface area (Å²) in [5.41, 5.74) is -2.76. The molecule has 0 saturated carbocycles. The van der Waals surface area contributed by atoms with Crippen molar-refractivity contribution in [1.29, 1.82) is 0 Å². The third kappa shape index (κ3) is 5.14. The van der Waals surface area contributed by atoms with Crippen molar-refractivity contribution in [3.63, 3.8) is 0 Å². The van der Waals surface area contributed by atoms with Crippen LogP contribution in [-0.4, -0.2) is 73.1 Å². The SMILES string of the molecule is COc1ccc(C(OCC23COCCC2(O)C(OC)[C@H](n2cc(C)c(=O)[nH]c2=O)O3)(c2ccccc2)c2ccc(OC)cc2)cc1. The molecule has 2 aliphatic rings. The first-order valence-electron chi connectivity index (χ1n) is 15.0. The molecule has 0 aliphatic carbocycles. The molecule has 3 aromatic carbocycles. The van der Waals surface area contributed by atoms with Gasteiger partial charge in [-0.1, -0.05) is 54.6 Å². The lowest BCUT2D eigenvalue weighted by Gasteiger charge is -2.47. The van der Waals surface area contributed by atoms with Crippen LogP contribution in [-0.2, 0) is 24.5 Å². The topological polar surface area (TPSA) is 130 Å². The smallest absolute Gasteiger partial charge is 0.330 e. The Morgan fingerprint density at radius 3 is 2.07 bits per heavy atom. The quantitative estimate of drug-likeness (QED) is 0.254. The average Bonchev–Trinajstić information content (AvgIpc) is 3.35. The van der Waals surface area contributed by atoms with Crippen LogP contribution in [0.25, 0.3) is 0 Å². The van der Waals surface area contributed by atoms with E-state index in [1.807, 2.05) is 78.9 Å². The number of aromatic amines is 1. The van der Waals surface area contributed by atoms with E-state index in [1.165, 1.54) is 17.9 Å². The minimum atomic E-state index is -1.63. The molecule has 0 amide bonds. The molecular formula is C35H38N2O9. The van der Waals surface area contributed by atoms with Crippen LogP contribution in [0.3, 0.4) is 0 Å². The van der Waals surface area contributed by atoms with E-state index in [2.05, 4.69) is 4.98 Å². The summed E-state index contributed by atoms with van der Waals surface area (Å²) in [7, 11) is 4.67. The molecule has 2 saturated heterocycles. The molecule has 3 unspecified atom stereocenters. The van der Waals surface area contributed by atoms with E-state index in [1.54, 1.807) is 21.1 Å². The summed E-state index contributed by atoms with van der Waals surface area (Å²) in [6.07, 6.45) is -0.504. The van der Waals surface area contributed by atoms with Gasteiger partial charge in [-0.15, -0.1) is 0 Å². The molecule has 242 valence electrons. The lowest BCUT2D eigenvalue weighted by atomic mass is 9.76. The van der Waals surface area contributed by atoms with Crippen molar-refractivity contribution in [3.8, 4) is 11.5 Å². The number of benzene rings is 3. The highest BCUT2D eigenvalue weighted by Gasteiger charge is 2.68. The molecule has 11 nitrogen and oxygen atoms in total. The first-order valence-corrected chi connectivity index (χ1v) is 15.0. The van der Waals surface area contributed by atoms with Gasteiger partial charge in [-0.2, -0.15) is 0 Å². The number of fused-ring (bicyclic) bond motifs is 1. The molecule has 0 radical (unpaired) electrons. The number of nitrogens with zero attached hydrogens (tertiary/aromatic N) is 1. The van der Waals surface area contributed by atoms with Crippen molar-refractivity contribution in [3.05, 3.63) is 128 Å². The van der Waals surface area contributed by atoms with Crippen LogP contribution in [0.15, 0.2) is 94.6 Å². The second-order valence-corrected chi connectivity index (χ2v) is 11.7. The fraction of sp³-hybridized carbons (Fsp3) is 0.371. The summed E-state index contributed by atoms with van der Waals surface area (Å²) >= 11 is 0. The van der Waals surface area contributed by atoms with Crippen molar-refractivity contribution in [2.45, 2.75) is 42.5 Å². The standard InChI is InChI=1S/C35H38N2O9/c1-23-20-37(32(39)36-30(23)38)31-29(43-4)34(40)18-19-44-21-33(34,46-31)22-45-35(24-8-6-5-7-9-24,25-10-14-27(41-2)15-11-25)26-12-16-28(42-3)17-13-26/h5-17,20,29,31,40H,18-19,21-22H2,1-4H3,(H,36,38,39)/t29?,31-,33?,34?/m1/s1. The van der Waals surface area contributed by atoms with Crippen LogP contribution in [0.5, 0.6) is 11.5 Å². The van der Waals surface area contributed by atoms with Crippen LogP contribution >= 0.6 is 0 Å². The number of hydrogen-bond acceptors (Lipinski definition) is 9. The van der Waals surface area contributed by atoms with E-state index in [-0.39, 0.29) is 26.2 Å². The maximum atomic E-state index is 13.0. The van der Waals surface area contributed by atoms with Crippen LogP contribution in [0, 0.1) is 6.92 Å². The Morgan fingerprint density at radius 2 is 1.50 bits per heavy atom. The Balaban J connectivity index is 1.51. The van der Waals surface area contributed by atoms with Gasteiger partial charge in [0.1, 0.15) is 34.4 Å². The molecule has 46 heavy (non-hydrogen) atoms. The zero-order valence-corrected chi connectivity index (χ0v) is 26.2. The molecule has 2 N–H and O–H groups in total. The van der Waals surface area contributed by atoms with Crippen LogP contribution in [0.4, 0.5) is 0 Å². The van der Waals surface area contributed by atoms with Gasteiger partial charge < -0.3 is 33.5 Å². The lowest BCUT2D eigenvalue weighted by molar-refractivity contribution is -0.243. The molecule has 4 aromatic rings. The second kappa shape index (κ2) is 12.5. The van der Waals surface area contributed by atoms with Crippen LogP contribution in [0.2, 0.25) is 0 Å². The number of aryl methyl sites for hydroxylation is 1. The number of rotatable bonds is 10. The average molecular weight is 631 g/mol. The first kappa shape index (κ1) is 31.7. The Kier molecular flexibility index (Phi) is 8.62. The number of hydrogen-bond donors (Lipinski definition) is 2. The summed E-state index contributed by atoms with van der Waals surface area (Å²) in [4.78, 5) is 27.6. The first-order chi connectivity index (χ1) is 22.2. The predicted octanol–water partition coefficient (Wildman–Crippen LogP) is 3.30. The van der Waals surface area contributed by atoms with E-state index in [9.17, 15) is 14.7 Å². The Labute approximate surface area is 266 Å². The molecule has 6 rings (SSSR count). The number of H-pyrrole nitrogens is 1. The van der Waals surface area contributed by atoms with E-state index in [0.29, 0.717) is 17.1 Å². The largest absolute Gasteiger partial charge is 0.497 e. The predicted molar refractivity (Wildman–Crippen MR) is 168 cm³/mol. The molecule has 4 atom stereocenters. The molecule has 2 fully saturated rings. The van der Waals surface area contributed by atoms with Crippen molar-refractivity contribution in [1.82, 2.24) is 9.55 Å². The zero-order chi connectivity index (χ0) is 32.5. The second-order valence-electron chi connectivity index (χ2n) is 11.7. The van der Waals surface area contributed by atoms with Gasteiger partial charge in [-0.3, -0.25) is 14.3 Å². The van der Waals surface area contributed by atoms with Crippen molar-refractivity contribution < 1.29 is 33.5 Å². The number of ether oxygens (including phenoxy) is 6. The summed E-state index contributed by atoms with van der Waals surface area (Å²) in [5, 5.41) is 12.5. The monoisotopic (exact) mass is 630 g/mol. The van der Waals surface area contributed by atoms with Crippen LogP contribution < -0.4 is 20.7 Å². The number of aliphatic hydroxyl groups is 1. The highest BCUT2D eigenvalue weighted by molar-refractivity contribution is 5.50. The van der Waals surface area contributed by atoms with E-state index < -0.39 is 40.4 Å². The lowest BCUT2D eigenvalue weighted by Crippen LogP contribution is -2.65. The van der Waals surface area contributed by atoms with Gasteiger partial charge in [0.05, 0.1) is 27.4 Å². The molecule has 11 heteroatoms. The fourth-order valence-corrected chi connectivity index (χ4v) is 6.67. The van der Waals surface area contributed by atoms with Gasteiger partial charge in [-0.25, -0.2) is 4.79 Å². The molecule has 2 aliphatic heterocycles. The van der Waals surface area contributed by atoms with Gasteiger partial charge in [0.15, 0.2) is 6.23 Å². The molecule has 1 aromatic heterocycles. The van der Waals surface area contributed by atoms with Gasteiger partial charge in [-0.05, 0) is 47.9 Å². The third-order valence-corrected chi connectivity index (χ3v) is 9.20. The third-order valence-electron chi connectivity index (χ3n) is 9.20. The summed E-state index contributed by atoms with van der Waals surface area (Å²) in [5.74, 6) is 1.36. The van der Waals surface area contributed by atoms with Crippen molar-refractivity contribution >= 4 is 0 Å². The number of methoxy groups -OCH3 is 3. The Hall–Kier alpha value is -4.26. The number of aromatic nitrogens is 2. The van der Waals surface area contributed by atoms with Gasteiger partial charge in [0, 0.05) is 31.9 Å². The highest BCUT2D eigenvalue weighted by Crippen LogP contribution is 2.52.